The largest absolute Gasteiger partial charge is 0.393 e. The Morgan fingerprint density at radius 2 is 1.70 bits per heavy atom. The molecule has 3 aromatic heterocycles. The summed E-state index contributed by atoms with van der Waals surface area (Å²) in [6.07, 6.45) is 5.19. The zero-order valence-electron chi connectivity index (χ0n) is 18.0. The average Bonchev–Trinajstić information content (AvgIpc) is 3.17. The summed E-state index contributed by atoms with van der Waals surface area (Å²) in [4.78, 5) is 14.4. The van der Waals surface area contributed by atoms with Crippen LogP contribution in [0, 0.1) is 11.8 Å². The van der Waals surface area contributed by atoms with Gasteiger partial charge in [0.1, 0.15) is 17.2 Å². The van der Waals surface area contributed by atoms with Crippen molar-refractivity contribution < 1.29 is 5.11 Å². The van der Waals surface area contributed by atoms with E-state index in [0.29, 0.717) is 23.6 Å². The first kappa shape index (κ1) is 18.8. The van der Waals surface area contributed by atoms with Crippen molar-refractivity contribution in [3.05, 3.63) is 78.8 Å². The van der Waals surface area contributed by atoms with Crippen LogP contribution in [0.5, 0.6) is 0 Å². The number of benzene rings is 2. The molecule has 2 fully saturated rings. The van der Waals surface area contributed by atoms with Gasteiger partial charge in [0.2, 0.25) is 0 Å². The van der Waals surface area contributed by atoms with Crippen LogP contribution in [0.2, 0.25) is 0 Å². The lowest BCUT2D eigenvalue weighted by Gasteiger charge is -2.07. The van der Waals surface area contributed by atoms with Crippen LogP contribution >= 0.6 is 0 Å². The highest BCUT2D eigenvalue weighted by Gasteiger charge is 2.58. The Morgan fingerprint density at radius 1 is 0.909 bits per heavy atom. The quantitative estimate of drug-likeness (QED) is 0.431. The van der Waals surface area contributed by atoms with E-state index in [4.69, 9.17) is 15.7 Å². The van der Waals surface area contributed by atoms with Crippen molar-refractivity contribution in [2.24, 2.45) is 11.8 Å². The third-order valence-electron chi connectivity index (χ3n) is 7.37. The molecule has 0 bridgehead atoms. The van der Waals surface area contributed by atoms with E-state index in [1.54, 1.807) is 6.20 Å². The first-order valence-electron chi connectivity index (χ1n) is 11.4. The first-order chi connectivity index (χ1) is 16.2. The summed E-state index contributed by atoms with van der Waals surface area (Å²) in [5.74, 6) is 2.71. The second kappa shape index (κ2) is 6.86. The average molecular weight is 434 g/mol. The van der Waals surface area contributed by atoms with Crippen LogP contribution in [-0.2, 0) is 0 Å². The number of fused-ring (bicyclic) bond motifs is 3. The predicted molar refractivity (Wildman–Crippen MR) is 129 cm³/mol. The van der Waals surface area contributed by atoms with Gasteiger partial charge in [-0.1, -0.05) is 48.5 Å². The Bertz CT molecular complexity index is 1510. The number of aromatic nitrogens is 4. The van der Waals surface area contributed by atoms with Crippen molar-refractivity contribution in [2.75, 3.05) is 5.73 Å². The molecule has 7 rings (SSSR count). The molecule has 2 atom stereocenters. The molecule has 2 unspecified atom stereocenters. The molecular weight excluding hydrogens is 410 g/mol. The SMILES string of the molecule is Nc1nccn2c(-c3ccc4ccc(-c5ccccc5)nc4c3)nc(C3C4CC(O)CC43)c12. The van der Waals surface area contributed by atoms with Crippen molar-refractivity contribution >= 4 is 22.2 Å². The lowest BCUT2D eigenvalue weighted by molar-refractivity contribution is 0.165. The fraction of sp³-hybridized carbons (Fsp3) is 0.222. The minimum atomic E-state index is -0.176. The molecule has 6 heteroatoms. The molecule has 6 nitrogen and oxygen atoms in total. The Morgan fingerprint density at radius 3 is 2.52 bits per heavy atom. The van der Waals surface area contributed by atoms with E-state index < -0.39 is 0 Å². The van der Waals surface area contributed by atoms with Gasteiger partial charge in [0.05, 0.1) is 23.0 Å². The molecule has 0 amide bonds. The van der Waals surface area contributed by atoms with Crippen LogP contribution in [0.15, 0.2) is 73.1 Å². The smallest absolute Gasteiger partial charge is 0.149 e. The monoisotopic (exact) mass is 433 g/mol. The molecule has 2 aliphatic carbocycles. The Balaban J connectivity index is 1.36. The summed E-state index contributed by atoms with van der Waals surface area (Å²) >= 11 is 0. The summed E-state index contributed by atoms with van der Waals surface area (Å²) in [5, 5.41) is 11.1. The van der Waals surface area contributed by atoms with Crippen LogP contribution in [-0.4, -0.2) is 30.6 Å². The van der Waals surface area contributed by atoms with Gasteiger partial charge in [0.15, 0.2) is 0 Å². The van der Waals surface area contributed by atoms with E-state index in [-0.39, 0.29) is 6.10 Å². The van der Waals surface area contributed by atoms with E-state index in [2.05, 4.69) is 51.8 Å². The highest BCUT2D eigenvalue weighted by atomic mass is 16.3. The maximum atomic E-state index is 9.98. The van der Waals surface area contributed by atoms with E-state index in [9.17, 15) is 5.11 Å². The number of hydrogen-bond acceptors (Lipinski definition) is 5. The lowest BCUT2D eigenvalue weighted by atomic mass is 10.1. The van der Waals surface area contributed by atoms with E-state index in [1.165, 1.54) is 0 Å². The highest BCUT2D eigenvalue weighted by Crippen LogP contribution is 2.63. The van der Waals surface area contributed by atoms with Gasteiger partial charge in [-0.3, -0.25) is 4.40 Å². The number of anilines is 1. The third-order valence-corrected chi connectivity index (χ3v) is 7.37. The zero-order chi connectivity index (χ0) is 22.1. The molecule has 2 saturated carbocycles. The molecule has 0 aliphatic heterocycles. The summed E-state index contributed by atoms with van der Waals surface area (Å²) in [5.41, 5.74) is 12.2. The van der Waals surface area contributed by atoms with E-state index in [1.807, 2.05) is 24.4 Å². The van der Waals surface area contributed by atoms with Crippen LogP contribution in [0.4, 0.5) is 5.82 Å². The molecular formula is C27H23N5O. The third kappa shape index (κ3) is 2.87. The normalized spacial score (nSPS) is 23.8. The standard InChI is InChI=1S/C27H23N5O/c28-26-25-24(23-19-13-18(33)14-20(19)23)31-27(32(25)11-10-29-26)17-7-6-16-8-9-21(30-22(16)12-17)15-4-2-1-3-5-15/h1-12,18-20,23,33H,13-14H2,(H2,28,29). The molecule has 0 spiro atoms. The van der Waals surface area contributed by atoms with Gasteiger partial charge < -0.3 is 10.8 Å². The molecule has 0 radical (unpaired) electrons. The molecule has 2 aromatic carbocycles. The number of hydrogen-bond donors (Lipinski definition) is 2. The minimum Gasteiger partial charge on any atom is -0.393 e. The van der Waals surface area contributed by atoms with Gasteiger partial charge in [-0.25, -0.2) is 15.0 Å². The number of nitrogens with two attached hydrogens (primary N) is 1. The van der Waals surface area contributed by atoms with Crippen molar-refractivity contribution in [2.45, 2.75) is 24.9 Å². The van der Waals surface area contributed by atoms with Crippen LogP contribution in [0.25, 0.3) is 39.1 Å². The van der Waals surface area contributed by atoms with Crippen molar-refractivity contribution in [1.29, 1.82) is 0 Å². The van der Waals surface area contributed by atoms with Crippen molar-refractivity contribution in [1.82, 2.24) is 19.4 Å². The minimum absolute atomic E-state index is 0.176. The van der Waals surface area contributed by atoms with Crippen LogP contribution < -0.4 is 5.73 Å². The molecule has 3 heterocycles. The van der Waals surface area contributed by atoms with E-state index in [0.717, 1.165) is 57.6 Å². The first-order valence-corrected chi connectivity index (χ1v) is 11.4. The fourth-order valence-corrected chi connectivity index (χ4v) is 5.77. The Kier molecular flexibility index (Phi) is 3.90. The molecule has 5 aromatic rings. The van der Waals surface area contributed by atoms with Crippen molar-refractivity contribution in [3.63, 3.8) is 0 Å². The van der Waals surface area contributed by atoms with Crippen LogP contribution in [0.1, 0.15) is 24.5 Å². The van der Waals surface area contributed by atoms with Gasteiger partial charge in [-0.15, -0.1) is 0 Å². The van der Waals surface area contributed by atoms with Gasteiger partial charge >= 0.3 is 0 Å². The Labute approximate surface area is 190 Å². The number of rotatable bonds is 3. The van der Waals surface area contributed by atoms with Crippen LogP contribution in [0.3, 0.4) is 0 Å². The van der Waals surface area contributed by atoms with Gasteiger partial charge in [-0.2, -0.15) is 0 Å². The second-order valence-corrected chi connectivity index (χ2v) is 9.30. The molecule has 33 heavy (non-hydrogen) atoms. The van der Waals surface area contributed by atoms with E-state index >= 15 is 0 Å². The summed E-state index contributed by atoms with van der Waals surface area (Å²) < 4.78 is 2.06. The molecule has 2 aliphatic rings. The van der Waals surface area contributed by atoms with Gasteiger partial charge in [0, 0.05) is 34.8 Å². The Hall–Kier alpha value is -3.77. The zero-order valence-corrected chi connectivity index (χ0v) is 18.0. The highest BCUT2D eigenvalue weighted by molar-refractivity contribution is 5.86. The maximum Gasteiger partial charge on any atom is 0.149 e. The van der Waals surface area contributed by atoms with Crippen molar-refractivity contribution in [3.8, 4) is 22.6 Å². The number of aliphatic hydroxyl groups excluding tert-OH is 1. The summed E-state index contributed by atoms with van der Waals surface area (Å²) in [6.45, 7) is 0. The number of pyridine rings is 1. The topological polar surface area (TPSA) is 89.3 Å². The number of aliphatic hydroxyl groups is 1. The molecule has 162 valence electrons. The number of imidazole rings is 1. The van der Waals surface area contributed by atoms with Gasteiger partial charge in [-0.05, 0) is 36.8 Å². The fourth-order valence-electron chi connectivity index (χ4n) is 5.77. The van der Waals surface area contributed by atoms with Gasteiger partial charge in [0.25, 0.3) is 0 Å². The molecule has 0 saturated heterocycles. The lowest BCUT2D eigenvalue weighted by Crippen LogP contribution is -2.05. The number of nitrogens with zero attached hydrogens (tertiary/aromatic N) is 4. The maximum absolute atomic E-state index is 9.98. The summed E-state index contributed by atoms with van der Waals surface area (Å²) in [7, 11) is 0. The molecule has 3 N–H and O–H groups in total. The number of nitrogen functional groups attached to an aromatic ring is 1. The second-order valence-electron chi connectivity index (χ2n) is 9.30. The summed E-state index contributed by atoms with van der Waals surface area (Å²) in [6, 6.07) is 20.7. The predicted octanol–water partition coefficient (Wildman–Crippen LogP) is 4.68.